The zero-order valence-electron chi connectivity index (χ0n) is 14.8. The minimum atomic E-state index is -4.54. The molecule has 0 aliphatic rings. The highest BCUT2D eigenvalue weighted by Gasteiger charge is 2.41. The van der Waals surface area contributed by atoms with Gasteiger partial charge in [-0.25, -0.2) is 4.39 Å². The molecule has 0 heterocycles. The molecule has 0 radical (unpaired) electrons. The summed E-state index contributed by atoms with van der Waals surface area (Å²) < 4.78 is 64.4. The van der Waals surface area contributed by atoms with Crippen molar-refractivity contribution in [2.45, 2.75) is 18.7 Å². The van der Waals surface area contributed by atoms with Crippen LogP contribution in [0, 0.1) is 5.82 Å². The number of ether oxygens (including phenoxy) is 2. The monoisotopic (exact) mass is 390 g/mol. The molecule has 0 aromatic heterocycles. The molecule has 0 spiro atoms. The van der Waals surface area contributed by atoms with E-state index in [1.165, 1.54) is 12.1 Å². The van der Waals surface area contributed by atoms with Crippen LogP contribution in [0.1, 0.15) is 17.0 Å². The summed E-state index contributed by atoms with van der Waals surface area (Å²) in [5, 5.41) is 0. The first-order valence-electron chi connectivity index (χ1n) is 8.63. The maximum absolute atomic E-state index is 13.3. The Morgan fingerprint density at radius 1 is 0.786 bits per heavy atom. The van der Waals surface area contributed by atoms with Crippen molar-refractivity contribution >= 4 is 0 Å². The topological polar surface area (TPSA) is 18.5 Å². The summed E-state index contributed by atoms with van der Waals surface area (Å²) in [6, 6.07) is 20.6. The number of benzene rings is 3. The van der Waals surface area contributed by atoms with Crippen molar-refractivity contribution in [1.82, 2.24) is 0 Å². The molecule has 6 heteroatoms. The van der Waals surface area contributed by atoms with Crippen LogP contribution in [0.25, 0.3) is 0 Å². The first-order chi connectivity index (χ1) is 13.4. The van der Waals surface area contributed by atoms with E-state index < -0.39 is 24.5 Å². The predicted molar refractivity (Wildman–Crippen MR) is 97.8 cm³/mol. The lowest BCUT2D eigenvalue weighted by Gasteiger charge is -2.21. The molecule has 0 bridgehead atoms. The average Bonchev–Trinajstić information content (AvgIpc) is 2.65. The molecule has 0 amide bonds. The Kier molecular flexibility index (Phi) is 6.31. The van der Waals surface area contributed by atoms with E-state index in [0.29, 0.717) is 17.1 Å². The molecule has 146 valence electrons. The molecule has 0 aliphatic carbocycles. The van der Waals surface area contributed by atoms with Crippen LogP contribution in [-0.2, 0) is 11.3 Å². The lowest BCUT2D eigenvalue weighted by molar-refractivity contribution is -0.163. The molecule has 0 saturated heterocycles. The van der Waals surface area contributed by atoms with Crippen LogP contribution in [0.5, 0.6) is 11.5 Å². The maximum atomic E-state index is 13.3. The van der Waals surface area contributed by atoms with Crippen LogP contribution in [-0.4, -0.2) is 12.8 Å². The molecule has 1 atom stereocenters. The summed E-state index contributed by atoms with van der Waals surface area (Å²) in [5.41, 5.74) is 0.516. The van der Waals surface area contributed by atoms with Crippen molar-refractivity contribution in [2.75, 3.05) is 6.61 Å². The van der Waals surface area contributed by atoms with Crippen LogP contribution in [0.3, 0.4) is 0 Å². The summed E-state index contributed by atoms with van der Waals surface area (Å²) in [4.78, 5) is 0. The second-order valence-corrected chi connectivity index (χ2v) is 6.23. The van der Waals surface area contributed by atoms with Crippen molar-refractivity contribution in [2.24, 2.45) is 0 Å². The Morgan fingerprint density at radius 3 is 2.21 bits per heavy atom. The van der Waals surface area contributed by atoms with Gasteiger partial charge in [0.15, 0.2) is 0 Å². The summed E-state index contributed by atoms with van der Waals surface area (Å²) in [6.45, 7) is -0.620. The number of hydrogen-bond donors (Lipinski definition) is 0. The normalized spacial score (nSPS) is 12.6. The summed E-state index contributed by atoms with van der Waals surface area (Å²) in [6.07, 6.45) is -4.54. The van der Waals surface area contributed by atoms with Gasteiger partial charge in [-0.05, 0) is 47.5 Å². The number of alkyl halides is 3. The van der Waals surface area contributed by atoms with E-state index in [-0.39, 0.29) is 12.2 Å². The molecule has 3 rings (SSSR count). The number of rotatable bonds is 7. The quantitative estimate of drug-likeness (QED) is 0.430. The van der Waals surface area contributed by atoms with Crippen LogP contribution < -0.4 is 4.74 Å². The molecule has 0 saturated carbocycles. The second-order valence-electron chi connectivity index (χ2n) is 6.23. The third-order valence-corrected chi connectivity index (χ3v) is 4.08. The van der Waals surface area contributed by atoms with E-state index in [1.54, 1.807) is 36.4 Å². The molecular formula is C22H18F4O2. The third-order valence-electron chi connectivity index (χ3n) is 4.08. The van der Waals surface area contributed by atoms with E-state index in [0.717, 1.165) is 12.1 Å². The van der Waals surface area contributed by atoms with Gasteiger partial charge in [-0.1, -0.05) is 42.5 Å². The van der Waals surface area contributed by atoms with Gasteiger partial charge in [-0.3, -0.25) is 0 Å². The Hall–Kier alpha value is -2.86. The smallest absolute Gasteiger partial charge is 0.397 e. The Morgan fingerprint density at radius 2 is 1.50 bits per heavy atom. The third kappa shape index (κ3) is 5.57. The highest BCUT2D eigenvalue weighted by atomic mass is 19.4. The van der Waals surface area contributed by atoms with E-state index in [4.69, 9.17) is 9.47 Å². The van der Waals surface area contributed by atoms with Gasteiger partial charge in [0.05, 0.1) is 13.2 Å². The van der Waals surface area contributed by atoms with E-state index in [1.807, 2.05) is 18.2 Å². The minimum absolute atomic E-state index is 0.0200. The van der Waals surface area contributed by atoms with Gasteiger partial charge in [0.1, 0.15) is 23.2 Å². The summed E-state index contributed by atoms with van der Waals surface area (Å²) in [5.74, 6) is -1.39. The lowest BCUT2D eigenvalue weighted by Crippen LogP contribution is -2.25. The fraction of sp³-hybridized carbons (Fsp3) is 0.182. The first-order valence-corrected chi connectivity index (χ1v) is 8.63. The number of hydrogen-bond acceptors (Lipinski definition) is 2. The molecule has 28 heavy (non-hydrogen) atoms. The zero-order chi connectivity index (χ0) is 20.0. The Balaban J connectivity index is 1.63. The summed E-state index contributed by atoms with van der Waals surface area (Å²) in [7, 11) is 0. The molecule has 3 aromatic carbocycles. The maximum Gasteiger partial charge on any atom is 0.397 e. The molecule has 0 N–H and O–H groups in total. The minimum Gasteiger partial charge on any atom is -0.457 e. The molecule has 0 aliphatic heterocycles. The first kappa shape index (κ1) is 19.9. The van der Waals surface area contributed by atoms with Crippen LogP contribution in [0.2, 0.25) is 0 Å². The number of halogens is 4. The SMILES string of the molecule is Fc1cccc(C(COCc2cccc(Oc3ccccc3)c2)C(F)(F)F)c1. The Bertz CT molecular complexity index is 894. The summed E-state index contributed by atoms with van der Waals surface area (Å²) >= 11 is 0. The van der Waals surface area contributed by atoms with Gasteiger partial charge >= 0.3 is 6.18 Å². The van der Waals surface area contributed by atoms with E-state index in [9.17, 15) is 17.6 Å². The van der Waals surface area contributed by atoms with Crippen LogP contribution >= 0.6 is 0 Å². The number of para-hydroxylation sites is 1. The van der Waals surface area contributed by atoms with E-state index >= 15 is 0 Å². The molecular weight excluding hydrogens is 372 g/mol. The van der Waals surface area contributed by atoms with Gasteiger partial charge in [0, 0.05) is 0 Å². The van der Waals surface area contributed by atoms with Gasteiger partial charge in [0.25, 0.3) is 0 Å². The highest BCUT2D eigenvalue weighted by molar-refractivity contribution is 5.33. The fourth-order valence-electron chi connectivity index (χ4n) is 2.72. The predicted octanol–water partition coefficient (Wildman–Crippen LogP) is 6.48. The van der Waals surface area contributed by atoms with Gasteiger partial charge in [0.2, 0.25) is 0 Å². The van der Waals surface area contributed by atoms with Gasteiger partial charge in [-0.2, -0.15) is 13.2 Å². The molecule has 0 fully saturated rings. The van der Waals surface area contributed by atoms with E-state index in [2.05, 4.69) is 0 Å². The molecule has 3 aromatic rings. The van der Waals surface area contributed by atoms with Crippen molar-refractivity contribution in [3.63, 3.8) is 0 Å². The van der Waals surface area contributed by atoms with Crippen molar-refractivity contribution in [1.29, 1.82) is 0 Å². The van der Waals surface area contributed by atoms with Gasteiger partial charge < -0.3 is 9.47 Å². The standard InChI is InChI=1S/C22H18F4O2/c23-18-8-5-7-17(13-18)21(22(24,25)26)15-27-14-16-6-4-11-20(12-16)28-19-9-2-1-3-10-19/h1-13,21H,14-15H2. The highest BCUT2D eigenvalue weighted by Crippen LogP contribution is 2.35. The molecule has 2 nitrogen and oxygen atoms in total. The second kappa shape index (κ2) is 8.89. The average molecular weight is 390 g/mol. The van der Waals surface area contributed by atoms with Gasteiger partial charge in [-0.15, -0.1) is 0 Å². The Labute approximate surface area is 160 Å². The zero-order valence-corrected chi connectivity index (χ0v) is 14.8. The van der Waals surface area contributed by atoms with Crippen molar-refractivity contribution in [3.05, 3.63) is 95.8 Å². The van der Waals surface area contributed by atoms with Crippen molar-refractivity contribution < 1.29 is 27.0 Å². The fourth-order valence-corrected chi connectivity index (χ4v) is 2.72. The van der Waals surface area contributed by atoms with Crippen LogP contribution in [0.15, 0.2) is 78.9 Å². The largest absolute Gasteiger partial charge is 0.457 e. The van der Waals surface area contributed by atoms with Crippen LogP contribution in [0.4, 0.5) is 17.6 Å². The molecule has 1 unspecified atom stereocenters. The van der Waals surface area contributed by atoms with Crippen molar-refractivity contribution in [3.8, 4) is 11.5 Å². The lowest BCUT2D eigenvalue weighted by atomic mass is 9.99.